The van der Waals surface area contributed by atoms with E-state index in [0.717, 1.165) is 0 Å². The lowest BCUT2D eigenvalue weighted by Gasteiger charge is -2.08. The molecule has 0 bridgehead atoms. The van der Waals surface area contributed by atoms with Crippen molar-refractivity contribution >= 4 is 5.97 Å². The van der Waals surface area contributed by atoms with E-state index in [4.69, 9.17) is 5.11 Å². The van der Waals surface area contributed by atoms with Gasteiger partial charge in [0.2, 0.25) is 5.82 Å². The van der Waals surface area contributed by atoms with Crippen molar-refractivity contribution in [2.45, 2.75) is 6.36 Å². The summed E-state index contributed by atoms with van der Waals surface area (Å²) in [6, 6.07) is 0.560. The molecule has 0 fully saturated rings. The van der Waals surface area contributed by atoms with Crippen molar-refractivity contribution < 1.29 is 32.2 Å². The van der Waals surface area contributed by atoms with Crippen LogP contribution in [0.25, 0.3) is 0 Å². The first-order chi connectivity index (χ1) is 6.91. The van der Waals surface area contributed by atoms with E-state index in [1.54, 1.807) is 0 Å². The molecule has 0 saturated heterocycles. The monoisotopic (exact) mass is 224 g/mol. The Morgan fingerprint density at radius 2 is 1.93 bits per heavy atom. The van der Waals surface area contributed by atoms with Crippen LogP contribution in [-0.4, -0.2) is 17.4 Å². The number of ether oxygens (including phenoxy) is 1. The molecule has 0 aromatic heterocycles. The van der Waals surface area contributed by atoms with Crippen LogP contribution in [0.1, 0.15) is 0 Å². The molecule has 15 heavy (non-hydrogen) atoms. The Balaban J connectivity index is 2.99. The second kappa shape index (κ2) is 4.16. The highest BCUT2D eigenvalue weighted by atomic mass is 19.2. The number of carboxylic acid groups (broad SMARTS) is 1. The van der Waals surface area contributed by atoms with Gasteiger partial charge in [-0.1, -0.05) is 0 Å². The van der Waals surface area contributed by atoms with Gasteiger partial charge in [-0.3, -0.25) is 0 Å². The van der Waals surface area contributed by atoms with E-state index in [1.807, 2.05) is 0 Å². The molecule has 0 aliphatic carbocycles. The molecule has 7 heteroatoms. The molecular weight excluding hydrogens is 220 g/mol. The summed E-state index contributed by atoms with van der Waals surface area (Å²) in [7, 11) is 0. The van der Waals surface area contributed by atoms with Crippen molar-refractivity contribution in [1.29, 1.82) is 0 Å². The second-order valence-corrected chi connectivity index (χ2v) is 2.47. The molecule has 0 amide bonds. The molecule has 1 N–H and O–H groups in total. The van der Waals surface area contributed by atoms with Crippen LogP contribution in [0.5, 0.6) is 5.75 Å². The summed E-state index contributed by atoms with van der Waals surface area (Å²) in [6.07, 6.45) is -2.89. The van der Waals surface area contributed by atoms with E-state index in [2.05, 4.69) is 4.74 Å². The van der Waals surface area contributed by atoms with Crippen molar-refractivity contribution in [3.63, 3.8) is 0 Å². The Bertz CT molecular complexity index is 394. The summed E-state index contributed by atoms with van der Waals surface area (Å²) in [4.78, 5) is 9.97. The quantitative estimate of drug-likeness (QED) is 0.629. The fraction of sp³-hybridized carbons (Fsp3) is 0.125. The van der Waals surface area contributed by atoms with Gasteiger partial charge in [-0.15, -0.1) is 0 Å². The van der Waals surface area contributed by atoms with Crippen LogP contribution in [0.2, 0.25) is 0 Å². The zero-order valence-corrected chi connectivity index (χ0v) is 7.01. The Hall–Kier alpha value is -1.79. The Morgan fingerprint density at radius 3 is 2.47 bits per heavy atom. The molecule has 0 spiro atoms. The minimum absolute atomic E-state index is 0.218. The number of halogens is 4. The number of aliphatic carboxylic acids is 1. The largest absolute Gasteiger partial charge is 0.476 e. The average Bonchev–Trinajstić information content (AvgIpc) is 2.13. The average molecular weight is 224 g/mol. The van der Waals surface area contributed by atoms with Crippen LogP contribution < -0.4 is 4.74 Å². The van der Waals surface area contributed by atoms with E-state index in [0.29, 0.717) is 6.07 Å². The highest BCUT2D eigenvalue weighted by Gasteiger charge is 2.21. The van der Waals surface area contributed by atoms with E-state index in [-0.39, 0.29) is 6.07 Å². The molecule has 0 radical (unpaired) electrons. The first-order valence-electron chi connectivity index (χ1n) is 3.60. The lowest BCUT2D eigenvalue weighted by Crippen LogP contribution is -2.22. The molecular formula is C8H4F4O3. The van der Waals surface area contributed by atoms with Gasteiger partial charge in [-0.05, 0) is 0 Å². The number of rotatable bonds is 3. The summed E-state index contributed by atoms with van der Waals surface area (Å²) in [6.45, 7) is 0. The lowest BCUT2D eigenvalue weighted by molar-refractivity contribution is -0.153. The van der Waals surface area contributed by atoms with Crippen molar-refractivity contribution in [1.82, 2.24) is 0 Å². The van der Waals surface area contributed by atoms with Crippen molar-refractivity contribution in [2.24, 2.45) is 0 Å². The number of hydrogen-bond donors (Lipinski definition) is 1. The number of carbonyl (C=O) groups is 1. The normalized spacial score (nSPS) is 12.3. The van der Waals surface area contributed by atoms with E-state index in [9.17, 15) is 22.4 Å². The predicted molar refractivity (Wildman–Crippen MR) is 39.5 cm³/mol. The van der Waals surface area contributed by atoms with E-state index >= 15 is 0 Å². The molecule has 0 saturated carbocycles. The number of carboxylic acids is 1. The van der Waals surface area contributed by atoms with E-state index < -0.39 is 35.5 Å². The fourth-order valence-corrected chi connectivity index (χ4v) is 0.780. The molecule has 1 atom stereocenters. The molecule has 1 aromatic carbocycles. The summed E-state index contributed by atoms with van der Waals surface area (Å²) >= 11 is 0. The minimum Gasteiger partial charge on any atom is -0.476 e. The van der Waals surface area contributed by atoms with Crippen molar-refractivity contribution in [3.8, 4) is 5.75 Å². The van der Waals surface area contributed by atoms with Crippen LogP contribution in [0.4, 0.5) is 17.6 Å². The van der Waals surface area contributed by atoms with Gasteiger partial charge in [0.25, 0.3) is 0 Å². The van der Waals surface area contributed by atoms with Crippen LogP contribution in [0.3, 0.4) is 0 Å². The zero-order valence-electron chi connectivity index (χ0n) is 7.01. The number of hydrogen-bond acceptors (Lipinski definition) is 2. The maximum Gasteiger partial charge on any atom is 0.378 e. The SMILES string of the molecule is O=C(O)[C@H](F)Oc1cc(F)cc(F)c1F. The third kappa shape index (κ3) is 2.58. The highest BCUT2D eigenvalue weighted by molar-refractivity contribution is 5.70. The van der Waals surface area contributed by atoms with Gasteiger partial charge in [-0.25, -0.2) is 13.6 Å². The summed E-state index contributed by atoms with van der Waals surface area (Å²) in [5.74, 6) is -7.62. The van der Waals surface area contributed by atoms with Gasteiger partial charge >= 0.3 is 12.3 Å². The van der Waals surface area contributed by atoms with Gasteiger partial charge in [0.1, 0.15) is 5.82 Å². The first-order valence-corrected chi connectivity index (χ1v) is 3.60. The molecule has 0 heterocycles. The molecule has 1 aromatic rings. The third-order valence-corrected chi connectivity index (χ3v) is 1.38. The molecule has 0 aliphatic heterocycles. The van der Waals surface area contributed by atoms with Crippen molar-refractivity contribution in [3.05, 3.63) is 29.6 Å². The molecule has 82 valence electrons. The number of alkyl halides is 1. The third-order valence-electron chi connectivity index (χ3n) is 1.38. The Morgan fingerprint density at radius 1 is 1.33 bits per heavy atom. The summed E-state index contributed by atoms with van der Waals surface area (Å²) < 4.78 is 54.1. The lowest BCUT2D eigenvalue weighted by atomic mass is 10.3. The van der Waals surface area contributed by atoms with Gasteiger partial charge in [0.15, 0.2) is 11.6 Å². The topological polar surface area (TPSA) is 46.5 Å². The fourth-order valence-electron chi connectivity index (χ4n) is 0.780. The standard InChI is InChI=1S/C8H4F4O3/c9-3-1-4(10)6(11)5(2-3)15-7(12)8(13)14/h1-2,7H,(H,13,14)/t7-/m1/s1. The van der Waals surface area contributed by atoms with Gasteiger partial charge in [0, 0.05) is 12.1 Å². The smallest absolute Gasteiger partial charge is 0.378 e. The van der Waals surface area contributed by atoms with Gasteiger partial charge in [0.05, 0.1) is 0 Å². The number of benzene rings is 1. The molecule has 3 nitrogen and oxygen atoms in total. The van der Waals surface area contributed by atoms with Crippen LogP contribution >= 0.6 is 0 Å². The van der Waals surface area contributed by atoms with Crippen molar-refractivity contribution in [2.75, 3.05) is 0 Å². The Labute approximate surface area is 80.9 Å². The Kier molecular flexibility index (Phi) is 3.13. The zero-order chi connectivity index (χ0) is 11.6. The van der Waals surface area contributed by atoms with Crippen LogP contribution in [0, 0.1) is 17.5 Å². The molecule has 0 unspecified atom stereocenters. The first kappa shape index (κ1) is 11.3. The molecule has 0 aliphatic rings. The minimum atomic E-state index is -2.89. The highest BCUT2D eigenvalue weighted by Crippen LogP contribution is 2.22. The van der Waals surface area contributed by atoms with Crippen LogP contribution in [-0.2, 0) is 4.79 Å². The predicted octanol–water partition coefficient (Wildman–Crippen LogP) is 1.86. The van der Waals surface area contributed by atoms with Gasteiger partial charge in [-0.2, -0.15) is 8.78 Å². The summed E-state index contributed by atoms with van der Waals surface area (Å²) in [5, 5.41) is 8.06. The summed E-state index contributed by atoms with van der Waals surface area (Å²) in [5.41, 5.74) is 0. The second-order valence-electron chi connectivity index (χ2n) is 2.47. The van der Waals surface area contributed by atoms with Gasteiger partial charge < -0.3 is 9.84 Å². The molecule has 1 rings (SSSR count). The maximum absolute atomic E-state index is 12.8. The maximum atomic E-state index is 12.8. The van der Waals surface area contributed by atoms with Crippen LogP contribution in [0.15, 0.2) is 12.1 Å². The van der Waals surface area contributed by atoms with E-state index in [1.165, 1.54) is 0 Å².